The maximum atomic E-state index is 2.46. The van der Waals surface area contributed by atoms with Gasteiger partial charge in [-0.25, -0.2) is 0 Å². The van der Waals surface area contributed by atoms with Crippen LogP contribution < -0.4 is 0 Å². The van der Waals surface area contributed by atoms with E-state index in [0.717, 1.165) is 0 Å². The largest absolute Gasteiger partial charge is 0.310 e. The van der Waals surface area contributed by atoms with Crippen LogP contribution in [0, 0.1) is 18.8 Å². The fraction of sp³-hybridized carbons (Fsp3) is 0.185. The number of hydrogen-bond donors (Lipinski definition) is 0. The van der Waals surface area contributed by atoms with Gasteiger partial charge in [0.2, 0.25) is 0 Å². The molecule has 0 spiro atoms. The summed E-state index contributed by atoms with van der Waals surface area (Å²) in [5.74, 6) is 1.13. The first-order valence-electron chi connectivity index (χ1n) is 10.4. The van der Waals surface area contributed by atoms with Crippen LogP contribution in [0.2, 0.25) is 0 Å². The number of aryl methyl sites for hydroxylation is 1. The molecule has 2 unspecified atom stereocenters. The molecule has 1 aliphatic rings. The van der Waals surface area contributed by atoms with Crippen LogP contribution in [0.1, 0.15) is 19.4 Å². The van der Waals surface area contributed by atoms with E-state index < -0.39 is 0 Å². The average molecular weight is 394 g/mol. The number of rotatable bonds is 1. The zero-order valence-corrected chi connectivity index (χ0v) is 17.8. The number of allylic oxidation sites excluding steroid dienone is 4. The van der Waals surface area contributed by atoms with Gasteiger partial charge in [0.25, 0.3) is 0 Å². The molecule has 0 bridgehead atoms. The lowest BCUT2D eigenvalue weighted by atomic mass is 9.90. The molecule has 1 nitrogen and oxygen atoms in total. The minimum absolute atomic E-state index is 0.542. The Morgan fingerprint density at radius 2 is 1.66 bits per heavy atom. The smallest absolute Gasteiger partial charge is 0.0548 e. The molecule has 0 amide bonds. The number of thiophene rings is 1. The van der Waals surface area contributed by atoms with Gasteiger partial charge in [0.15, 0.2) is 0 Å². The van der Waals surface area contributed by atoms with E-state index in [2.05, 4.69) is 98.2 Å². The van der Waals surface area contributed by atoms with Crippen molar-refractivity contribution in [2.75, 3.05) is 0 Å². The fourth-order valence-electron chi connectivity index (χ4n) is 4.76. The molecule has 0 aliphatic heterocycles. The fourth-order valence-corrected chi connectivity index (χ4v) is 5.97. The van der Waals surface area contributed by atoms with Crippen molar-refractivity contribution in [1.82, 2.24) is 4.57 Å². The van der Waals surface area contributed by atoms with Crippen molar-refractivity contribution in [1.29, 1.82) is 0 Å². The van der Waals surface area contributed by atoms with Crippen LogP contribution in [0.3, 0.4) is 0 Å². The van der Waals surface area contributed by atoms with Gasteiger partial charge in [0.1, 0.15) is 0 Å². The second-order valence-electron chi connectivity index (χ2n) is 8.46. The highest BCUT2D eigenvalue weighted by Crippen LogP contribution is 2.44. The molecule has 0 fully saturated rings. The van der Waals surface area contributed by atoms with E-state index in [-0.39, 0.29) is 0 Å². The Morgan fingerprint density at radius 3 is 2.52 bits per heavy atom. The van der Waals surface area contributed by atoms with Gasteiger partial charge in [-0.1, -0.05) is 56.3 Å². The summed E-state index contributed by atoms with van der Waals surface area (Å²) in [6.07, 6.45) is 7.08. The Hall–Kier alpha value is -2.84. The molecule has 6 rings (SSSR count). The van der Waals surface area contributed by atoms with Crippen LogP contribution in [0.4, 0.5) is 0 Å². The Kier molecular flexibility index (Phi) is 3.57. The second-order valence-corrected chi connectivity index (χ2v) is 9.54. The Bertz CT molecular complexity index is 1490. The maximum absolute atomic E-state index is 2.46. The van der Waals surface area contributed by atoms with Gasteiger partial charge in [0.05, 0.1) is 11.0 Å². The highest BCUT2D eigenvalue weighted by Gasteiger charge is 2.20. The molecule has 0 radical (unpaired) electrons. The van der Waals surface area contributed by atoms with Gasteiger partial charge < -0.3 is 4.57 Å². The Morgan fingerprint density at radius 1 is 0.793 bits per heavy atom. The molecule has 2 heteroatoms. The molecule has 5 aromatic rings. The lowest BCUT2D eigenvalue weighted by molar-refractivity contribution is 0.552. The first kappa shape index (κ1) is 17.1. The van der Waals surface area contributed by atoms with E-state index in [9.17, 15) is 0 Å². The number of hydrogen-bond acceptors (Lipinski definition) is 1. The molecule has 0 saturated heterocycles. The number of fused-ring (bicyclic) bond motifs is 7. The normalized spacial score (nSPS) is 19.6. The lowest BCUT2D eigenvalue weighted by Crippen LogP contribution is -2.09. The van der Waals surface area contributed by atoms with Crippen LogP contribution in [0.25, 0.3) is 47.7 Å². The molecule has 2 atom stereocenters. The molecule has 0 saturated carbocycles. The molecule has 29 heavy (non-hydrogen) atoms. The summed E-state index contributed by atoms with van der Waals surface area (Å²) in [5, 5.41) is 5.50. The Balaban J connectivity index is 1.80. The second kappa shape index (κ2) is 6.08. The number of aromatic nitrogens is 1. The molecule has 2 heterocycles. The van der Waals surface area contributed by atoms with Crippen molar-refractivity contribution in [3.63, 3.8) is 0 Å². The standard InChI is InChI=1S/C27H23NS/c1-16-8-11-21-25(14-16)29-24-13-12-23-26(27(21)24)20-6-4-5-7-22(20)28(23)19-10-9-17(2)18(3)15-19/h4-15,17-18H,1-3H3. The van der Waals surface area contributed by atoms with Crippen molar-refractivity contribution < 1.29 is 0 Å². The lowest BCUT2D eigenvalue weighted by Gasteiger charge is -2.20. The topological polar surface area (TPSA) is 4.93 Å². The van der Waals surface area contributed by atoms with Crippen molar-refractivity contribution in [2.45, 2.75) is 20.8 Å². The summed E-state index contributed by atoms with van der Waals surface area (Å²) in [7, 11) is 0. The van der Waals surface area contributed by atoms with E-state index >= 15 is 0 Å². The number of nitrogens with zero attached hydrogens (tertiary/aromatic N) is 1. The predicted molar refractivity (Wildman–Crippen MR) is 129 cm³/mol. The van der Waals surface area contributed by atoms with Crippen LogP contribution >= 0.6 is 11.3 Å². The number of para-hydroxylation sites is 1. The van der Waals surface area contributed by atoms with E-state index in [0.29, 0.717) is 11.8 Å². The zero-order valence-electron chi connectivity index (χ0n) is 16.9. The summed E-state index contributed by atoms with van der Waals surface area (Å²) in [6, 6.07) is 20.4. The highest BCUT2D eigenvalue weighted by atomic mass is 32.1. The summed E-state index contributed by atoms with van der Waals surface area (Å²) in [6.45, 7) is 6.79. The first-order valence-corrected chi connectivity index (χ1v) is 11.2. The molecule has 0 N–H and O–H groups in total. The van der Waals surface area contributed by atoms with E-state index in [1.165, 1.54) is 53.2 Å². The predicted octanol–water partition coefficient (Wildman–Crippen LogP) is 8.15. The molecular weight excluding hydrogens is 370 g/mol. The molecule has 3 aromatic carbocycles. The van der Waals surface area contributed by atoms with Crippen molar-refractivity contribution >= 4 is 59.0 Å². The van der Waals surface area contributed by atoms with Gasteiger partial charge in [-0.05, 0) is 54.7 Å². The third-order valence-electron chi connectivity index (χ3n) is 6.52. The third kappa shape index (κ3) is 2.39. The van der Waals surface area contributed by atoms with Crippen molar-refractivity contribution in [3.8, 4) is 0 Å². The van der Waals surface area contributed by atoms with Gasteiger partial charge in [-0.2, -0.15) is 0 Å². The van der Waals surface area contributed by atoms with E-state index in [4.69, 9.17) is 0 Å². The minimum Gasteiger partial charge on any atom is -0.310 e. The molecule has 142 valence electrons. The quantitative estimate of drug-likeness (QED) is 0.271. The third-order valence-corrected chi connectivity index (χ3v) is 7.64. The van der Waals surface area contributed by atoms with Gasteiger partial charge in [0, 0.05) is 36.6 Å². The number of benzene rings is 3. The van der Waals surface area contributed by atoms with Gasteiger partial charge in [-0.3, -0.25) is 0 Å². The monoisotopic (exact) mass is 393 g/mol. The molecular formula is C27H23NS. The van der Waals surface area contributed by atoms with Crippen LogP contribution in [-0.2, 0) is 0 Å². The van der Waals surface area contributed by atoms with E-state index in [1.54, 1.807) is 0 Å². The van der Waals surface area contributed by atoms with Crippen LogP contribution in [0.5, 0.6) is 0 Å². The van der Waals surface area contributed by atoms with Crippen molar-refractivity contribution in [3.05, 3.63) is 78.4 Å². The highest BCUT2D eigenvalue weighted by molar-refractivity contribution is 7.26. The summed E-state index contributed by atoms with van der Waals surface area (Å²) >= 11 is 1.91. The Labute approximate surface area is 174 Å². The van der Waals surface area contributed by atoms with Gasteiger partial charge in [-0.15, -0.1) is 11.3 Å². The zero-order chi connectivity index (χ0) is 19.7. The summed E-state index contributed by atoms with van der Waals surface area (Å²) in [4.78, 5) is 0. The summed E-state index contributed by atoms with van der Waals surface area (Å²) < 4.78 is 5.21. The first-order chi connectivity index (χ1) is 14.1. The van der Waals surface area contributed by atoms with Gasteiger partial charge >= 0.3 is 0 Å². The molecule has 1 aliphatic carbocycles. The average Bonchev–Trinajstić information content (AvgIpc) is 3.24. The van der Waals surface area contributed by atoms with Crippen LogP contribution in [-0.4, -0.2) is 4.57 Å². The van der Waals surface area contributed by atoms with E-state index in [1.807, 2.05) is 11.3 Å². The molecule has 2 aromatic heterocycles. The SMILES string of the molecule is Cc1ccc2c(c1)sc1ccc3c(c4ccccc4n3C3=CC(C)C(C)C=C3)c12. The maximum Gasteiger partial charge on any atom is 0.0548 e. The van der Waals surface area contributed by atoms with Crippen molar-refractivity contribution in [2.24, 2.45) is 11.8 Å². The van der Waals surface area contributed by atoms with Crippen LogP contribution in [0.15, 0.2) is 72.8 Å². The minimum atomic E-state index is 0.542. The summed E-state index contributed by atoms with van der Waals surface area (Å²) in [5.41, 5.74) is 5.20.